The van der Waals surface area contributed by atoms with Gasteiger partial charge in [0.05, 0.1) is 29.5 Å². The van der Waals surface area contributed by atoms with Crippen molar-refractivity contribution in [3.05, 3.63) is 54.6 Å². The maximum absolute atomic E-state index is 15.0. The molecule has 330 valence electrons. The van der Waals surface area contributed by atoms with Crippen molar-refractivity contribution in [1.29, 1.82) is 0 Å². The maximum Gasteiger partial charge on any atom is 0.408 e. The van der Waals surface area contributed by atoms with Gasteiger partial charge >= 0.3 is 6.09 Å². The van der Waals surface area contributed by atoms with Crippen LogP contribution in [0.3, 0.4) is 0 Å². The molecule has 61 heavy (non-hydrogen) atoms. The Morgan fingerprint density at radius 2 is 1.80 bits per heavy atom. The molecule has 3 heterocycles. The third-order valence-electron chi connectivity index (χ3n) is 13.5. The van der Waals surface area contributed by atoms with Crippen molar-refractivity contribution in [3.63, 3.8) is 0 Å². The number of carbonyl (C=O) groups excluding carboxylic acids is 4. The summed E-state index contributed by atoms with van der Waals surface area (Å²) >= 11 is 0. The molecule has 2 aliphatic heterocycles. The molecule has 1 saturated heterocycles. The van der Waals surface area contributed by atoms with Gasteiger partial charge in [0.2, 0.25) is 27.7 Å². The van der Waals surface area contributed by atoms with Gasteiger partial charge in [-0.25, -0.2) is 18.2 Å². The van der Waals surface area contributed by atoms with E-state index in [1.54, 1.807) is 0 Å². The van der Waals surface area contributed by atoms with E-state index in [4.69, 9.17) is 19.2 Å². The number of sulfonamides is 1. The molecule has 0 spiro atoms. The molecule has 2 bridgehead atoms. The molecule has 0 radical (unpaired) electrons. The number of nitrogens with zero attached hydrogens (tertiary/aromatic N) is 2. The number of amides is 4. The second-order valence-corrected chi connectivity index (χ2v) is 19.7. The van der Waals surface area contributed by atoms with Gasteiger partial charge in [-0.05, 0) is 107 Å². The van der Waals surface area contributed by atoms with Crippen molar-refractivity contribution in [3.8, 4) is 11.6 Å². The fraction of sp³-hybridized carbons (Fsp3) is 0.622. The summed E-state index contributed by atoms with van der Waals surface area (Å²) < 4.78 is 47.2. The van der Waals surface area contributed by atoms with E-state index in [9.17, 15) is 27.9 Å². The second-order valence-electron chi connectivity index (χ2n) is 17.7. The number of para-hydroxylation sites is 1. The third-order valence-corrected chi connectivity index (χ3v) is 15.3. The summed E-state index contributed by atoms with van der Waals surface area (Å²) in [7, 11) is -3.92. The average Bonchev–Trinajstić information content (AvgIpc) is 4.03. The Labute approximate surface area is 357 Å². The summed E-state index contributed by atoms with van der Waals surface area (Å²) in [5.74, 6) is -1.55. The Kier molecular flexibility index (Phi) is 12.9. The van der Waals surface area contributed by atoms with Gasteiger partial charge in [0.1, 0.15) is 35.6 Å². The van der Waals surface area contributed by atoms with Crippen LogP contribution in [-0.4, -0.2) is 102 Å². The summed E-state index contributed by atoms with van der Waals surface area (Å²) in [5, 5.41) is 15.4. The molecule has 8 rings (SSSR count). The molecule has 4 saturated carbocycles. The molecule has 0 unspecified atom stereocenters. The van der Waals surface area contributed by atoms with Crippen molar-refractivity contribution >= 4 is 44.7 Å². The Morgan fingerprint density at radius 3 is 2.56 bits per heavy atom. The number of hydrogen-bond donors (Lipinski definition) is 4. The zero-order chi connectivity index (χ0) is 42.7. The normalized spacial score (nSPS) is 30.1. The highest BCUT2D eigenvalue weighted by molar-refractivity contribution is 7.91. The lowest BCUT2D eigenvalue weighted by Gasteiger charge is -2.32. The number of ether oxygens (including phenoxy) is 3. The van der Waals surface area contributed by atoms with Crippen LogP contribution in [0.1, 0.15) is 102 Å². The van der Waals surface area contributed by atoms with Crippen LogP contribution in [0.25, 0.3) is 10.9 Å². The minimum Gasteiger partial charge on any atom is -0.492 e. The van der Waals surface area contributed by atoms with E-state index >= 15 is 4.79 Å². The van der Waals surface area contributed by atoms with Gasteiger partial charge in [-0.3, -0.25) is 19.1 Å². The largest absolute Gasteiger partial charge is 0.492 e. The Hall–Kier alpha value is -4.70. The quantitative estimate of drug-likeness (QED) is 0.170. The van der Waals surface area contributed by atoms with Crippen LogP contribution in [-0.2, 0) is 35.6 Å². The molecule has 4 N–H and O–H groups in total. The van der Waals surface area contributed by atoms with Crippen LogP contribution in [0, 0.1) is 17.8 Å². The predicted octanol–water partition coefficient (Wildman–Crippen LogP) is 4.75. The number of pyridine rings is 1. The highest BCUT2D eigenvalue weighted by Gasteiger charge is 2.62. The fourth-order valence-electron chi connectivity index (χ4n) is 9.85. The van der Waals surface area contributed by atoms with E-state index in [1.807, 2.05) is 24.3 Å². The minimum absolute atomic E-state index is 0.0243. The molecule has 4 aliphatic carbocycles. The molecule has 1 aromatic heterocycles. The number of allylic oxidation sites excluding steroid dienone is 2. The van der Waals surface area contributed by atoms with Crippen molar-refractivity contribution in [1.82, 2.24) is 25.2 Å². The molecule has 1 aromatic carbocycles. The minimum atomic E-state index is -3.92. The number of carbonyl (C=O) groups is 4. The van der Waals surface area contributed by atoms with Gasteiger partial charge in [-0.15, -0.1) is 6.58 Å². The topological polar surface area (TPSA) is 203 Å². The maximum atomic E-state index is 15.0. The van der Waals surface area contributed by atoms with E-state index in [1.165, 1.54) is 11.0 Å². The Balaban J connectivity index is 1.16. The van der Waals surface area contributed by atoms with Crippen molar-refractivity contribution in [2.24, 2.45) is 17.8 Å². The third kappa shape index (κ3) is 9.40. The first-order valence-electron chi connectivity index (χ1n) is 22.3. The van der Waals surface area contributed by atoms with E-state index in [0.717, 1.165) is 50.3 Å². The SMILES string of the molecule is C=C[C@@H]1C[C@]1(NC(=O)[C@@H]1C[C@@H]2CN1C(=O)[C@H](C1CCCC1)NC(=O)O[C@@H]1CCC[C@H]1CC/C=C/Cc1c(nc3ccccc3c1OCCCCO)O2)C(=O)NS(=O)(=O)C1CC1. The average molecular weight is 862 g/mol. The molecule has 2 aromatic rings. The lowest BCUT2D eigenvalue weighted by atomic mass is 9.96. The number of alkyl carbamates (subject to hydrolysis) is 1. The van der Waals surface area contributed by atoms with Crippen molar-refractivity contribution in [2.45, 2.75) is 138 Å². The lowest BCUT2D eigenvalue weighted by molar-refractivity contribution is -0.142. The standard InChI is InChI=1S/C45H59N5O10S/c1-2-30-26-45(30,43(54)49-61(56,57)32-21-22-32)48-40(52)36-25-31-27-50(36)42(53)38(29-14-6-7-15-29)47-44(55)60-37-20-12-16-28(37)13-4-3-5-18-34-39(58-24-11-10-23-51)33-17-8-9-19-35(33)46-41(34)59-31/h2-3,5,8-9,17,19,28-32,36-38,51H,1,4,6-7,10-16,18,20-27H2,(H,47,55)(H,48,52)(H,49,54)/b5-3+/t28-,30-,31-,36+,37-,38+,45-/m1/s1. The lowest BCUT2D eigenvalue weighted by Crippen LogP contribution is -2.59. The number of benzene rings is 1. The zero-order valence-corrected chi connectivity index (χ0v) is 35.5. The molecule has 15 nitrogen and oxygen atoms in total. The number of nitrogens with one attached hydrogen (secondary N) is 3. The Bertz CT molecular complexity index is 2140. The number of aliphatic hydroxyl groups excluding tert-OH is 1. The van der Waals surface area contributed by atoms with Gasteiger partial charge in [-0.1, -0.05) is 43.2 Å². The van der Waals surface area contributed by atoms with Gasteiger partial charge in [0, 0.05) is 24.3 Å². The van der Waals surface area contributed by atoms with Crippen LogP contribution in [0.15, 0.2) is 49.1 Å². The van der Waals surface area contributed by atoms with Crippen LogP contribution < -0.4 is 24.8 Å². The smallest absolute Gasteiger partial charge is 0.408 e. The summed E-state index contributed by atoms with van der Waals surface area (Å²) in [6.07, 6.45) is 14.2. The first-order valence-corrected chi connectivity index (χ1v) is 23.8. The van der Waals surface area contributed by atoms with Gasteiger partial charge in [0.15, 0.2) is 0 Å². The number of hydrogen-bond acceptors (Lipinski definition) is 11. The zero-order valence-electron chi connectivity index (χ0n) is 34.7. The number of aromatic nitrogens is 1. The predicted molar refractivity (Wildman–Crippen MR) is 226 cm³/mol. The van der Waals surface area contributed by atoms with E-state index in [-0.39, 0.29) is 43.9 Å². The van der Waals surface area contributed by atoms with E-state index in [0.29, 0.717) is 74.3 Å². The summed E-state index contributed by atoms with van der Waals surface area (Å²) in [5.41, 5.74) is -0.213. The van der Waals surface area contributed by atoms with Crippen LogP contribution in [0.5, 0.6) is 11.6 Å². The number of aliphatic hydroxyl groups is 1. The summed E-state index contributed by atoms with van der Waals surface area (Å²) in [6.45, 7) is 4.21. The first-order chi connectivity index (χ1) is 29.5. The molecular weight excluding hydrogens is 803 g/mol. The molecule has 16 heteroatoms. The first kappa shape index (κ1) is 43.0. The highest BCUT2D eigenvalue weighted by Crippen LogP contribution is 2.46. The van der Waals surface area contributed by atoms with Crippen LogP contribution >= 0.6 is 0 Å². The van der Waals surface area contributed by atoms with E-state index in [2.05, 4.69) is 34.1 Å². The van der Waals surface area contributed by atoms with Crippen molar-refractivity contribution in [2.75, 3.05) is 19.8 Å². The molecular formula is C45H59N5O10S. The van der Waals surface area contributed by atoms with Gasteiger partial charge < -0.3 is 34.9 Å². The number of fused-ring (bicyclic) bond motifs is 5. The molecule has 7 atom stereocenters. The molecule has 6 aliphatic rings. The number of unbranched alkanes of at least 4 members (excludes halogenated alkanes) is 1. The van der Waals surface area contributed by atoms with Crippen molar-refractivity contribution < 1.29 is 46.9 Å². The number of rotatable bonds is 12. The summed E-state index contributed by atoms with van der Waals surface area (Å²) in [6, 6.07) is 5.50. The summed E-state index contributed by atoms with van der Waals surface area (Å²) in [4.78, 5) is 63.5. The monoisotopic (exact) mass is 861 g/mol. The van der Waals surface area contributed by atoms with Gasteiger partial charge in [-0.2, -0.15) is 0 Å². The fourth-order valence-corrected chi connectivity index (χ4v) is 11.2. The van der Waals surface area contributed by atoms with Crippen LogP contribution in [0.4, 0.5) is 4.79 Å². The Morgan fingerprint density at radius 1 is 1.02 bits per heavy atom. The van der Waals surface area contributed by atoms with Crippen LogP contribution in [0.2, 0.25) is 0 Å². The van der Waals surface area contributed by atoms with E-state index < -0.39 is 68.7 Å². The highest BCUT2D eigenvalue weighted by atomic mass is 32.2. The second kappa shape index (κ2) is 18.3. The molecule has 5 fully saturated rings. The molecule has 4 amide bonds. The van der Waals surface area contributed by atoms with Gasteiger partial charge in [0.25, 0.3) is 5.91 Å².